The van der Waals surface area contributed by atoms with Gasteiger partial charge in [0.2, 0.25) is 0 Å². The van der Waals surface area contributed by atoms with Gasteiger partial charge in [-0.25, -0.2) is 0 Å². The molecule has 0 saturated carbocycles. The molecular formula is C16H23NO2S. The van der Waals surface area contributed by atoms with Gasteiger partial charge < -0.3 is 14.7 Å². The predicted octanol–water partition coefficient (Wildman–Crippen LogP) is 2.35. The highest BCUT2D eigenvalue weighted by molar-refractivity contribution is 7.99. The molecule has 1 aromatic carbocycles. The molecule has 0 spiro atoms. The number of nitrogens with zero attached hydrogens (tertiary/aromatic N) is 1. The van der Waals surface area contributed by atoms with Crippen LogP contribution in [0.2, 0.25) is 0 Å². The first-order chi connectivity index (χ1) is 9.66. The van der Waals surface area contributed by atoms with Crippen molar-refractivity contribution in [1.82, 2.24) is 4.90 Å². The fourth-order valence-corrected chi connectivity index (χ4v) is 4.48. The van der Waals surface area contributed by atoms with Gasteiger partial charge in [0.05, 0.1) is 5.60 Å². The van der Waals surface area contributed by atoms with Crippen LogP contribution in [0, 0.1) is 0 Å². The smallest absolute Gasteiger partial charge is 0.0817 e. The summed E-state index contributed by atoms with van der Waals surface area (Å²) in [5.74, 6) is 1.75. The van der Waals surface area contributed by atoms with Gasteiger partial charge in [-0.1, -0.05) is 18.2 Å². The van der Waals surface area contributed by atoms with Crippen LogP contribution < -0.4 is 0 Å². The van der Waals surface area contributed by atoms with Crippen LogP contribution in [0.25, 0.3) is 0 Å². The highest BCUT2D eigenvalue weighted by atomic mass is 32.2. The predicted molar refractivity (Wildman–Crippen MR) is 82.4 cm³/mol. The molecule has 0 amide bonds. The molecule has 20 heavy (non-hydrogen) atoms. The fourth-order valence-electron chi connectivity index (χ4n) is 3.23. The Morgan fingerprint density at radius 2 is 2.10 bits per heavy atom. The number of aliphatic hydroxyl groups is 1. The molecule has 1 fully saturated rings. The Morgan fingerprint density at radius 1 is 1.35 bits per heavy atom. The molecule has 3 nitrogen and oxygen atoms in total. The summed E-state index contributed by atoms with van der Waals surface area (Å²) in [7, 11) is 2.12. The number of benzene rings is 1. The van der Waals surface area contributed by atoms with E-state index >= 15 is 0 Å². The summed E-state index contributed by atoms with van der Waals surface area (Å²) in [6.45, 7) is 3.14. The lowest BCUT2D eigenvalue weighted by Crippen LogP contribution is -2.46. The van der Waals surface area contributed by atoms with Crippen LogP contribution in [0.5, 0.6) is 0 Å². The van der Waals surface area contributed by atoms with Crippen molar-refractivity contribution in [2.24, 2.45) is 0 Å². The fraction of sp³-hybridized carbons (Fsp3) is 0.625. The minimum atomic E-state index is -0.557. The maximum atomic E-state index is 10.6. The molecule has 0 bridgehead atoms. The molecule has 1 aromatic rings. The van der Waals surface area contributed by atoms with Crippen molar-refractivity contribution in [3.05, 3.63) is 29.8 Å². The third-order valence-corrected chi connectivity index (χ3v) is 5.57. The molecule has 1 saturated heterocycles. The van der Waals surface area contributed by atoms with Gasteiger partial charge in [-0.2, -0.15) is 0 Å². The summed E-state index contributed by atoms with van der Waals surface area (Å²) in [6, 6.07) is 8.70. The van der Waals surface area contributed by atoms with E-state index in [1.165, 1.54) is 10.5 Å². The van der Waals surface area contributed by atoms with Gasteiger partial charge in [0.25, 0.3) is 0 Å². The maximum Gasteiger partial charge on any atom is 0.0817 e. The van der Waals surface area contributed by atoms with Gasteiger partial charge in [0, 0.05) is 55.7 Å². The van der Waals surface area contributed by atoms with E-state index in [0.29, 0.717) is 19.1 Å². The van der Waals surface area contributed by atoms with Crippen LogP contribution in [0.15, 0.2) is 29.2 Å². The zero-order chi connectivity index (χ0) is 14.0. The van der Waals surface area contributed by atoms with Gasteiger partial charge in [-0.15, -0.1) is 11.8 Å². The Balaban J connectivity index is 1.58. The zero-order valence-electron chi connectivity index (χ0n) is 12.0. The van der Waals surface area contributed by atoms with E-state index in [9.17, 15) is 5.11 Å². The lowest BCUT2D eigenvalue weighted by Gasteiger charge is -2.36. The number of likely N-dealkylation sites (N-methyl/N-ethyl adjacent to an activating group) is 1. The molecule has 4 heteroatoms. The van der Waals surface area contributed by atoms with E-state index < -0.39 is 5.60 Å². The standard InChI is InChI=1S/C16H23NO2S/c1-17(12-16(18)6-8-19-9-7-16)10-13-11-20-15-5-3-2-4-14(13)15/h2-5,13,18H,6-12H2,1H3. The summed E-state index contributed by atoms with van der Waals surface area (Å²) in [5, 5.41) is 10.6. The first-order valence-corrected chi connectivity index (χ1v) is 8.35. The Labute approximate surface area is 125 Å². The van der Waals surface area contributed by atoms with Crippen LogP contribution >= 0.6 is 11.8 Å². The van der Waals surface area contributed by atoms with Crippen molar-refractivity contribution in [1.29, 1.82) is 0 Å². The summed E-state index contributed by atoms with van der Waals surface area (Å²) in [4.78, 5) is 3.72. The largest absolute Gasteiger partial charge is 0.388 e. The molecule has 2 aliphatic rings. The number of hydrogen-bond donors (Lipinski definition) is 1. The van der Waals surface area contributed by atoms with Crippen molar-refractivity contribution in [2.75, 3.05) is 39.1 Å². The van der Waals surface area contributed by atoms with E-state index in [0.717, 1.165) is 31.7 Å². The van der Waals surface area contributed by atoms with E-state index in [1.807, 2.05) is 11.8 Å². The summed E-state index contributed by atoms with van der Waals surface area (Å²) in [5.41, 5.74) is 0.918. The maximum absolute atomic E-state index is 10.6. The second kappa shape index (κ2) is 6.06. The molecule has 110 valence electrons. The average Bonchev–Trinajstić information content (AvgIpc) is 2.82. The van der Waals surface area contributed by atoms with Gasteiger partial charge in [-0.3, -0.25) is 0 Å². The van der Waals surface area contributed by atoms with E-state index in [-0.39, 0.29) is 0 Å². The van der Waals surface area contributed by atoms with Crippen molar-refractivity contribution in [2.45, 2.75) is 29.3 Å². The van der Waals surface area contributed by atoms with E-state index in [1.54, 1.807) is 0 Å². The minimum Gasteiger partial charge on any atom is -0.388 e. The Morgan fingerprint density at radius 3 is 2.90 bits per heavy atom. The van der Waals surface area contributed by atoms with Crippen LogP contribution in [-0.2, 0) is 4.74 Å². The van der Waals surface area contributed by atoms with Crippen LogP contribution in [0.4, 0.5) is 0 Å². The topological polar surface area (TPSA) is 32.7 Å². The molecule has 1 unspecified atom stereocenters. The number of rotatable bonds is 4. The molecule has 2 heterocycles. The first kappa shape index (κ1) is 14.4. The van der Waals surface area contributed by atoms with Crippen molar-refractivity contribution < 1.29 is 9.84 Å². The number of fused-ring (bicyclic) bond motifs is 1. The lowest BCUT2D eigenvalue weighted by molar-refractivity contribution is -0.0771. The molecule has 2 aliphatic heterocycles. The molecule has 0 aliphatic carbocycles. The summed E-state index contributed by atoms with van der Waals surface area (Å²) in [6.07, 6.45) is 1.51. The Hall–Kier alpha value is -0.550. The molecule has 0 radical (unpaired) electrons. The number of hydrogen-bond acceptors (Lipinski definition) is 4. The third kappa shape index (κ3) is 3.19. The summed E-state index contributed by atoms with van der Waals surface area (Å²) < 4.78 is 5.34. The quantitative estimate of drug-likeness (QED) is 0.924. The van der Waals surface area contributed by atoms with Gasteiger partial charge in [-0.05, 0) is 18.7 Å². The normalized spacial score (nSPS) is 24.9. The molecule has 1 atom stereocenters. The van der Waals surface area contributed by atoms with E-state index in [2.05, 4.69) is 36.2 Å². The minimum absolute atomic E-state index is 0.557. The Bertz CT molecular complexity index is 460. The highest BCUT2D eigenvalue weighted by Gasteiger charge is 2.32. The number of thioether (sulfide) groups is 1. The van der Waals surface area contributed by atoms with Gasteiger partial charge >= 0.3 is 0 Å². The average molecular weight is 293 g/mol. The highest BCUT2D eigenvalue weighted by Crippen LogP contribution is 2.39. The van der Waals surface area contributed by atoms with E-state index in [4.69, 9.17) is 4.74 Å². The second-order valence-electron chi connectivity index (χ2n) is 6.08. The monoisotopic (exact) mass is 293 g/mol. The van der Waals surface area contributed by atoms with Gasteiger partial charge in [0.15, 0.2) is 0 Å². The molecule has 1 N–H and O–H groups in total. The molecular weight excluding hydrogens is 270 g/mol. The van der Waals surface area contributed by atoms with Crippen molar-refractivity contribution >= 4 is 11.8 Å². The second-order valence-corrected chi connectivity index (χ2v) is 7.14. The first-order valence-electron chi connectivity index (χ1n) is 7.37. The van der Waals surface area contributed by atoms with Crippen LogP contribution in [0.3, 0.4) is 0 Å². The number of ether oxygens (including phenoxy) is 1. The van der Waals surface area contributed by atoms with Crippen LogP contribution in [-0.4, -0.2) is 54.7 Å². The Kier molecular flexibility index (Phi) is 4.36. The van der Waals surface area contributed by atoms with Crippen molar-refractivity contribution in [3.63, 3.8) is 0 Å². The lowest BCUT2D eigenvalue weighted by atomic mass is 9.93. The van der Waals surface area contributed by atoms with Crippen molar-refractivity contribution in [3.8, 4) is 0 Å². The molecule has 0 aromatic heterocycles. The SMILES string of the molecule is CN(CC1CSc2ccccc21)CC1(O)CCOCC1. The van der Waals surface area contributed by atoms with Gasteiger partial charge in [0.1, 0.15) is 0 Å². The third-order valence-electron chi connectivity index (χ3n) is 4.32. The zero-order valence-corrected chi connectivity index (χ0v) is 12.9. The van der Waals surface area contributed by atoms with Crippen LogP contribution in [0.1, 0.15) is 24.3 Å². The summed E-state index contributed by atoms with van der Waals surface area (Å²) >= 11 is 1.95. The molecule has 3 rings (SSSR count).